The summed E-state index contributed by atoms with van der Waals surface area (Å²) in [6.45, 7) is 3.06. The molecule has 2 fully saturated rings. The van der Waals surface area contributed by atoms with E-state index in [0.717, 1.165) is 26.1 Å². The minimum atomic E-state index is -0.0609. The van der Waals surface area contributed by atoms with E-state index in [1.165, 1.54) is 13.5 Å². The molecule has 15 heavy (non-hydrogen) atoms. The first-order valence-corrected chi connectivity index (χ1v) is 5.70. The van der Waals surface area contributed by atoms with Gasteiger partial charge < -0.3 is 15.0 Å². The summed E-state index contributed by atoms with van der Waals surface area (Å²) in [4.78, 5) is 13.8. The van der Waals surface area contributed by atoms with Crippen molar-refractivity contribution >= 4 is 5.97 Å². The lowest BCUT2D eigenvalue weighted by Gasteiger charge is -2.42. The van der Waals surface area contributed by atoms with Gasteiger partial charge in [0.2, 0.25) is 0 Å². The molecule has 2 aliphatic heterocycles. The van der Waals surface area contributed by atoms with E-state index in [1.54, 1.807) is 0 Å². The first-order valence-electron chi connectivity index (χ1n) is 5.70. The van der Waals surface area contributed by atoms with E-state index in [0.29, 0.717) is 12.0 Å². The fraction of sp³-hybridized carbons (Fsp3) is 0.909. The monoisotopic (exact) mass is 212 g/mol. The summed E-state index contributed by atoms with van der Waals surface area (Å²) >= 11 is 0. The molecule has 3 unspecified atom stereocenters. The van der Waals surface area contributed by atoms with Crippen molar-refractivity contribution in [3.63, 3.8) is 0 Å². The average Bonchev–Trinajstić information content (AvgIpc) is 2.27. The van der Waals surface area contributed by atoms with Gasteiger partial charge in [0, 0.05) is 19.1 Å². The third-order valence-electron chi connectivity index (χ3n) is 3.69. The maximum absolute atomic E-state index is 11.4. The van der Waals surface area contributed by atoms with Gasteiger partial charge in [-0.3, -0.25) is 4.79 Å². The van der Waals surface area contributed by atoms with E-state index < -0.39 is 0 Å². The van der Waals surface area contributed by atoms with Gasteiger partial charge in [-0.2, -0.15) is 0 Å². The van der Waals surface area contributed by atoms with Gasteiger partial charge in [-0.1, -0.05) is 0 Å². The van der Waals surface area contributed by atoms with Crippen LogP contribution in [-0.2, 0) is 9.53 Å². The zero-order chi connectivity index (χ0) is 10.8. The smallest absolute Gasteiger partial charge is 0.309 e. The predicted octanol–water partition coefficient (Wildman–Crippen LogP) is 0.0892. The number of piperidine rings is 2. The summed E-state index contributed by atoms with van der Waals surface area (Å²) < 4.78 is 4.80. The van der Waals surface area contributed by atoms with Gasteiger partial charge in [0.05, 0.1) is 13.0 Å². The van der Waals surface area contributed by atoms with Crippen LogP contribution in [0.15, 0.2) is 0 Å². The van der Waals surface area contributed by atoms with Crippen molar-refractivity contribution in [2.24, 2.45) is 11.8 Å². The number of likely N-dealkylation sites (tertiary alicyclic amines) is 1. The number of nitrogens with one attached hydrogen (secondary N) is 1. The molecule has 2 aliphatic rings. The topological polar surface area (TPSA) is 41.6 Å². The number of fused-ring (bicyclic) bond motifs is 1. The SMILES string of the molecule is COC(=O)C1CNC2CCN(C)CC2C1. The van der Waals surface area contributed by atoms with E-state index >= 15 is 0 Å². The number of nitrogens with zero attached hydrogens (tertiary/aromatic N) is 1. The Morgan fingerprint density at radius 1 is 1.53 bits per heavy atom. The highest BCUT2D eigenvalue weighted by Gasteiger charge is 2.36. The van der Waals surface area contributed by atoms with Gasteiger partial charge >= 0.3 is 5.97 Å². The molecule has 2 rings (SSSR count). The number of methoxy groups -OCH3 is 1. The van der Waals surface area contributed by atoms with Crippen LogP contribution in [0.1, 0.15) is 12.8 Å². The van der Waals surface area contributed by atoms with Crippen molar-refractivity contribution in [2.45, 2.75) is 18.9 Å². The molecule has 4 nitrogen and oxygen atoms in total. The van der Waals surface area contributed by atoms with Gasteiger partial charge in [-0.15, -0.1) is 0 Å². The first kappa shape index (κ1) is 10.9. The lowest BCUT2D eigenvalue weighted by Crippen LogP contribution is -2.54. The molecule has 2 heterocycles. The number of rotatable bonds is 1. The summed E-state index contributed by atoms with van der Waals surface area (Å²) in [5.41, 5.74) is 0. The van der Waals surface area contributed by atoms with Crippen molar-refractivity contribution in [1.82, 2.24) is 10.2 Å². The summed E-state index contributed by atoms with van der Waals surface area (Å²) in [7, 11) is 3.62. The fourth-order valence-corrected chi connectivity index (χ4v) is 2.81. The molecule has 0 saturated carbocycles. The summed E-state index contributed by atoms with van der Waals surface area (Å²) in [6, 6.07) is 0.613. The molecule has 0 aromatic heterocycles. The largest absolute Gasteiger partial charge is 0.469 e. The molecule has 0 amide bonds. The quantitative estimate of drug-likeness (QED) is 0.625. The third-order valence-corrected chi connectivity index (χ3v) is 3.69. The molecule has 4 heteroatoms. The van der Waals surface area contributed by atoms with Gasteiger partial charge in [-0.05, 0) is 32.4 Å². The predicted molar refractivity (Wildman–Crippen MR) is 57.5 cm³/mol. The normalized spacial score (nSPS) is 37.1. The standard InChI is InChI=1S/C11H20N2O2/c1-13-4-3-10-9(7-13)5-8(6-12-10)11(14)15-2/h8-10,12H,3-7H2,1-2H3. The van der Waals surface area contributed by atoms with Crippen molar-refractivity contribution in [2.75, 3.05) is 33.8 Å². The Morgan fingerprint density at radius 3 is 3.07 bits per heavy atom. The molecule has 0 bridgehead atoms. The zero-order valence-corrected chi connectivity index (χ0v) is 9.53. The molecular formula is C11H20N2O2. The number of carbonyl (C=O) groups excluding carboxylic acids is 1. The lowest BCUT2D eigenvalue weighted by atomic mass is 9.81. The molecule has 86 valence electrons. The number of hydrogen-bond acceptors (Lipinski definition) is 4. The van der Waals surface area contributed by atoms with Crippen LogP contribution in [-0.4, -0.2) is 50.7 Å². The molecule has 0 radical (unpaired) electrons. The fourth-order valence-electron chi connectivity index (χ4n) is 2.81. The maximum atomic E-state index is 11.4. The van der Waals surface area contributed by atoms with Crippen LogP contribution in [0.3, 0.4) is 0 Å². The van der Waals surface area contributed by atoms with Crippen molar-refractivity contribution in [1.29, 1.82) is 0 Å². The van der Waals surface area contributed by atoms with Crippen molar-refractivity contribution in [3.05, 3.63) is 0 Å². The Balaban J connectivity index is 1.94. The number of esters is 1. The Labute approximate surface area is 91.0 Å². The highest BCUT2D eigenvalue weighted by molar-refractivity contribution is 5.72. The van der Waals surface area contributed by atoms with Crippen molar-refractivity contribution in [3.8, 4) is 0 Å². The third kappa shape index (κ3) is 2.32. The molecule has 0 aliphatic carbocycles. The maximum Gasteiger partial charge on any atom is 0.309 e. The second-order valence-electron chi connectivity index (χ2n) is 4.78. The van der Waals surface area contributed by atoms with Crippen LogP contribution >= 0.6 is 0 Å². The Hall–Kier alpha value is -0.610. The van der Waals surface area contributed by atoms with Crippen LogP contribution in [0.25, 0.3) is 0 Å². The van der Waals surface area contributed by atoms with E-state index in [4.69, 9.17) is 4.74 Å². The van der Waals surface area contributed by atoms with E-state index in [9.17, 15) is 4.79 Å². The van der Waals surface area contributed by atoms with Gasteiger partial charge in [-0.25, -0.2) is 0 Å². The Kier molecular flexibility index (Phi) is 3.26. The average molecular weight is 212 g/mol. The van der Waals surface area contributed by atoms with Crippen LogP contribution < -0.4 is 5.32 Å². The number of ether oxygens (including phenoxy) is 1. The minimum Gasteiger partial charge on any atom is -0.469 e. The molecule has 1 N–H and O–H groups in total. The minimum absolute atomic E-state index is 0.0581. The molecular weight excluding hydrogens is 192 g/mol. The molecule has 0 aromatic carbocycles. The van der Waals surface area contributed by atoms with Crippen LogP contribution in [0, 0.1) is 11.8 Å². The highest BCUT2D eigenvalue weighted by Crippen LogP contribution is 2.27. The summed E-state index contributed by atoms with van der Waals surface area (Å²) in [5, 5.41) is 3.48. The second-order valence-corrected chi connectivity index (χ2v) is 4.78. The van der Waals surface area contributed by atoms with Gasteiger partial charge in [0.15, 0.2) is 0 Å². The van der Waals surface area contributed by atoms with Crippen LogP contribution in [0.5, 0.6) is 0 Å². The molecule has 0 spiro atoms. The lowest BCUT2D eigenvalue weighted by molar-refractivity contribution is -0.147. The zero-order valence-electron chi connectivity index (χ0n) is 9.53. The summed E-state index contributed by atoms with van der Waals surface area (Å²) in [5.74, 6) is 0.610. The second kappa shape index (κ2) is 4.49. The molecule has 0 aromatic rings. The van der Waals surface area contributed by atoms with Crippen molar-refractivity contribution < 1.29 is 9.53 Å². The Bertz CT molecular complexity index is 245. The van der Waals surface area contributed by atoms with E-state index in [1.807, 2.05) is 0 Å². The van der Waals surface area contributed by atoms with Crippen LogP contribution in [0.4, 0.5) is 0 Å². The van der Waals surface area contributed by atoms with E-state index in [2.05, 4.69) is 17.3 Å². The summed E-state index contributed by atoms with van der Waals surface area (Å²) in [6.07, 6.45) is 2.18. The van der Waals surface area contributed by atoms with E-state index in [-0.39, 0.29) is 11.9 Å². The van der Waals surface area contributed by atoms with Gasteiger partial charge in [0.1, 0.15) is 0 Å². The highest BCUT2D eigenvalue weighted by atomic mass is 16.5. The molecule has 3 atom stereocenters. The Morgan fingerprint density at radius 2 is 2.33 bits per heavy atom. The number of carbonyl (C=O) groups is 1. The molecule has 2 saturated heterocycles. The first-order chi connectivity index (χ1) is 7.20. The van der Waals surface area contributed by atoms with Crippen LogP contribution in [0.2, 0.25) is 0 Å². The number of hydrogen-bond donors (Lipinski definition) is 1. The van der Waals surface area contributed by atoms with Gasteiger partial charge in [0.25, 0.3) is 0 Å².